The molecule has 94 valence electrons. The van der Waals surface area contributed by atoms with E-state index in [2.05, 4.69) is 15.5 Å². The van der Waals surface area contributed by atoms with E-state index in [1.165, 1.54) is 12.3 Å². The van der Waals surface area contributed by atoms with Gasteiger partial charge in [0, 0.05) is 18.7 Å². The Morgan fingerprint density at radius 3 is 3.11 bits per heavy atom. The molecule has 1 amide bonds. The van der Waals surface area contributed by atoms with Gasteiger partial charge in [0.05, 0.1) is 6.54 Å². The molecule has 2 aromatic rings. The first-order valence-corrected chi connectivity index (χ1v) is 5.55. The lowest BCUT2D eigenvalue weighted by Gasteiger charge is -2.06. The van der Waals surface area contributed by atoms with E-state index in [0.717, 1.165) is 6.54 Å². The van der Waals surface area contributed by atoms with Crippen molar-refractivity contribution in [3.63, 3.8) is 0 Å². The Morgan fingerprint density at radius 1 is 1.56 bits per heavy atom. The lowest BCUT2D eigenvalue weighted by Crippen LogP contribution is -2.39. The van der Waals surface area contributed by atoms with E-state index in [0.29, 0.717) is 10.6 Å². The summed E-state index contributed by atoms with van der Waals surface area (Å²) >= 11 is 0. The SMILES string of the molecule is CCn1cnnc1CNC(=O)c1cccc[n+]1[O-]. The van der Waals surface area contributed by atoms with Crippen LogP contribution in [-0.4, -0.2) is 20.7 Å². The Balaban J connectivity index is 2.03. The minimum atomic E-state index is -0.434. The monoisotopic (exact) mass is 247 g/mol. The normalized spacial score (nSPS) is 10.3. The molecule has 2 heterocycles. The van der Waals surface area contributed by atoms with Crippen molar-refractivity contribution in [2.45, 2.75) is 20.0 Å². The van der Waals surface area contributed by atoms with E-state index in [9.17, 15) is 10.0 Å². The number of carbonyl (C=O) groups is 1. The van der Waals surface area contributed by atoms with Crippen molar-refractivity contribution < 1.29 is 9.52 Å². The Morgan fingerprint density at radius 2 is 2.39 bits per heavy atom. The third-order valence-electron chi connectivity index (χ3n) is 2.50. The van der Waals surface area contributed by atoms with Crippen LogP contribution in [0.2, 0.25) is 0 Å². The van der Waals surface area contributed by atoms with Crippen LogP contribution >= 0.6 is 0 Å². The maximum absolute atomic E-state index is 11.8. The molecule has 2 rings (SSSR count). The van der Waals surface area contributed by atoms with Gasteiger partial charge in [0.15, 0.2) is 12.0 Å². The molecule has 1 N–H and O–H groups in total. The van der Waals surface area contributed by atoms with Crippen molar-refractivity contribution in [1.29, 1.82) is 0 Å². The summed E-state index contributed by atoms with van der Waals surface area (Å²) in [6.07, 6.45) is 2.88. The van der Waals surface area contributed by atoms with Gasteiger partial charge in [0.25, 0.3) is 5.69 Å². The molecular formula is C11H13N5O2. The fourth-order valence-electron chi connectivity index (χ4n) is 1.53. The molecule has 0 aliphatic rings. The zero-order valence-electron chi connectivity index (χ0n) is 9.91. The van der Waals surface area contributed by atoms with Crippen LogP contribution in [0.5, 0.6) is 0 Å². The van der Waals surface area contributed by atoms with Crippen molar-refractivity contribution in [1.82, 2.24) is 20.1 Å². The fourth-order valence-corrected chi connectivity index (χ4v) is 1.53. The van der Waals surface area contributed by atoms with Crippen LogP contribution in [0, 0.1) is 5.21 Å². The average molecular weight is 247 g/mol. The van der Waals surface area contributed by atoms with Crippen LogP contribution in [0.3, 0.4) is 0 Å². The molecule has 2 aromatic heterocycles. The Bertz CT molecular complexity index is 552. The molecule has 0 fully saturated rings. The molecular weight excluding hydrogens is 234 g/mol. The largest absolute Gasteiger partial charge is 0.618 e. The highest BCUT2D eigenvalue weighted by Crippen LogP contribution is 1.96. The zero-order valence-corrected chi connectivity index (χ0v) is 9.91. The molecule has 0 aromatic carbocycles. The molecule has 7 nitrogen and oxygen atoms in total. The number of nitrogens with one attached hydrogen (secondary N) is 1. The van der Waals surface area contributed by atoms with Crippen molar-refractivity contribution >= 4 is 5.91 Å². The predicted molar refractivity (Wildman–Crippen MR) is 62.3 cm³/mol. The van der Waals surface area contributed by atoms with Crippen LogP contribution < -0.4 is 10.0 Å². The van der Waals surface area contributed by atoms with Crippen LogP contribution in [0.4, 0.5) is 0 Å². The first kappa shape index (κ1) is 12.0. The van der Waals surface area contributed by atoms with Crippen molar-refractivity contribution in [3.8, 4) is 0 Å². The van der Waals surface area contributed by atoms with Crippen LogP contribution in [0.1, 0.15) is 23.2 Å². The number of carbonyl (C=O) groups excluding carboxylic acids is 1. The highest BCUT2D eigenvalue weighted by molar-refractivity contribution is 5.90. The number of hydrogen-bond acceptors (Lipinski definition) is 4. The first-order valence-electron chi connectivity index (χ1n) is 5.55. The maximum Gasteiger partial charge on any atom is 0.317 e. The summed E-state index contributed by atoms with van der Waals surface area (Å²) in [5, 5.41) is 21.6. The second-order valence-corrected chi connectivity index (χ2v) is 3.63. The molecule has 0 aliphatic heterocycles. The second-order valence-electron chi connectivity index (χ2n) is 3.63. The number of nitrogens with zero attached hydrogens (tertiary/aromatic N) is 4. The molecule has 0 radical (unpaired) electrons. The van der Waals surface area contributed by atoms with Crippen LogP contribution in [-0.2, 0) is 13.1 Å². The maximum atomic E-state index is 11.8. The first-order chi connectivity index (χ1) is 8.72. The predicted octanol–water partition coefficient (Wildman–Crippen LogP) is -0.139. The van der Waals surface area contributed by atoms with Crippen molar-refractivity contribution in [2.24, 2.45) is 0 Å². The van der Waals surface area contributed by atoms with Crippen LogP contribution in [0.15, 0.2) is 30.7 Å². The summed E-state index contributed by atoms with van der Waals surface area (Å²) in [5.74, 6) is 0.218. The summed E-state index contributed by atoms with van der Waals surface area (Å²) in [5.41, 5.74) is 0.0556. The summed E-state index contributed by atoms with van der Waals surface area (Å²) < 4.78 is 2.34. The number of aryl methyl sites for hydroxylation is 1. The lowest BCUT2D eigenvalue weighted by atomic mass is 10.3. The Kier molecular flexibility index (Phi) is 3.52. The molecule has 0 aliphatic carbocycles. The second kappa shape index (κ2) is 5.26. The van der Waals surface area contributed by atoms with E-state index in [1.807, 2.05) is 11.5 Å². The van der Waals surface area contributed by atoms with Crippen molar-refractivity contribution in [3.05, 3.63) is 47.4 Å². The van der Waals surface area contributed by atoms with E-state index in [4.69, 9.17) is 0 Å². The van der Waals surface area contributed by atoms with Gasteiger partial charge >= 0.3 is 5.91 Å². The minimum absolute atomic E-state index is 0.0556. The van der Waals surface area contributed by atoms with Gasteiger partial charge in [-0.3, -0.25) is 4.79 Å². The summed E-state index contributed by atoms with van der Waals surface area (Å²) in [6, 6.07) is 4.67. The molecule has 18 heavy (non-hydrogen) atoms. The molecule has 0 bridgehead atoms. The van der Waals surface area contributed by atoms with Crippen molar-refractivity contribution in [2.75, 3.05) is 0 Å². The van der Waals surface area contributed by atoms with Gasteiger partial charge < -0.3 is 15.1 Å². The van der Waals surface area contributed by atoms with Gasteiger partial charge in [-0.2, -0.15) is 4.73 Å². The Labute approximate surface area is 104 Å². The van der Waals surface area contributed by atoms with E-state index >= 15 is 0 Å². The third-order valence-corrected chi connectivity index (χ3v) is 2.50. The molecule has 0 saturated heterocycles. The number of aromatic nitrogens is 4. The van der Waals surface area contributed by atoms with Gasteiger partial charge in [0.1, 0.15) is 6.33 Å². The highest BCUT2D eigenvalue weighted by atomic mass is 16.5. The van der Waals surface area contributed by atoms with Gasteiger partial charge in [0.2, 0.25) is 0 Å². The molecule has 0 saturated carbocycles. The number of amides is 1. The van der Waals surface area contributed by atoms with Gasteiger partial charge in [-0.25, -0.2) is 0 Å². The number of rotatable bonds is 4. The quantitative estimate of drug-likeness (QED) is 0.602. The lowest BCUT2D eigenvalue weighted by molar-refractivity contribution is -0.607. The summed E-state index contributed by atoms with van der Waals surface area (Å²) in [6.45, 7) is 2.92. The van der Waals surface area contributed by atoms with Crippen LogP contribution in [0.25, 0.3) is 0 Å². The third kappa shape index (κ3) is 2.45. The molecule has 0 unspecified atom stereocenters. The molecule has 0 spiro atoms. The van der Waals surface area contributed by atoms with E-state index in [-0.39, 0.29) is 12.2 Å². The summed E-state index contributed by atoms with van der Waals surface area (Å²) in [7, 11) is 0. The Hall–Kier alpha value is -2.44. The average Bonchev–Trinajstić information content (AvgIpc) is 2.84. The number of hydrogen-bond donors (Lipinski definition) is 1. The number of pyridine rings is 1. The van der Waals surface area contributed by atoms with Gasteiger partial charge in [-0.15, -0.1) is 10.2 Å². The van der Waals surface area contributed by atoms with E-state index < -0.39 is 5.91 Å². The smallest absolute Gasteiger partial charge is 0.317 e. The summed E-state index contributed by atoms with van der Waals surface area (Å²) in [4.78, 5) is 11.8. The zero-order chi connectivity index (χ0) is 13.0. The topological polar surface area (TPSA) is 86.8 Å². The van der Waals surface area contributed by atoms with Gasteiger partial charge in [-0.1, -0.05) is 0 Å². The molecule has 0 atom stereocenters. The molecule has 7 heteroatoms. The fraction of sp³-hybridized carbons (Fsp3) is 0.273. The highest BCUT2D eigenvalue weighted by Gasteiger charge is 2.15. The minimum Gasteiger partial charge on any atom is -0.618 e. The standard InChI is InChI=1S/C11H13N5O2/c1-2-15-8-13-14-10(15)7-12-11(17)9-5-3-4-6-16(9)18/h3-6,8H,2,7H2,1H3,(H,12,17). The van der Waals surface area contributed by atoms with Gasteiger partial charge in [-0.05, 0) is 13.0 Å². The van der Waals surface area contributed by atoms with E-state index in [1.54, 1.807) is 18.5 Å².